The van der Waals surface area contributed by atoms with Crippen molar-refractivity contribution >= 4 is 45.7 Å². The van der Waals surface area contributed by atoms with Crippen LogP contribution in [-0.4, -0.2) is 59.9 Å². The molecule has 2 N–H and O–H groups in total. The van der Waals surface area contributed by atoms with E-state index in [0.717, 1.165) is 97.0 Å². The van der Waals surface area contributed by atoms with Crippen LogP contribution < -0.4 is 10.6 Å². The lowest BCUT2D eigenvalue weighted by Crippen LogP contribution is -2.51. The molecule has 6 saturated carbocycles. The van der Waals surface area contributed by atoms with Crippen molar-refractivity contribution in [2.45, 2.75) is 235 Å². The van der Waals surface area contributed by atoms with Crippen LogP contribution in [0.1, 0.15) is 209 Å². The van der Waals surface area contributed by atoms with E-state index < -0.39 is 36.2 Å². The predicted octanol–water partition coefficient (Wildman–Crippen LogP) is 18.1. The quantitative estimate of drug-likeness (QED) is 0.0365. The van der Waals surface area contributed by atoms with Crippen LogP contribution in [0.15, 0.2) is 84.0 Å². The third-order valence-electron chi connectivity index (χ3n) is 24.7. The highest BCUT2D eigenvalue weighted by molar-refractivity contribution is 8.76. The van der Waals surface area contributed by atoms with Crippen LogP contribution in [-0.2, 0) is 41.8 Å². The zero-order valence-electron chi connectivity index (χ0n) is 54.2. The molecule has 2 aromatic carbocycles. The second-order valence-corrected chi connectivity index (χ2v) is 33.1. The molecule has 10 rings (SSSR count). The number of amides is 2. The lowest BCUT2D eigenvalue weighted by atomic mass is 9.47. The van der Waals surface area contributed by atoms with Crippen LogP contribution in [0.2, 0.25) is 0 Å². The predicted molar refractivity (Wildman–Crippen MR) is 349 cm³/mol. The van der Waals surface area contributed by atoms with Gasteiger partial charge in [0.15, 0.2) is 0 Å². The summed E-state index contributed by atoms with van der Waals surface area (Å²) in [7, 11) is 2.68. The van der Waals surface area contributed by atoms with Gasteiger partial charge < -0.3 is 29.6 Å². The molecule has 474 valence electrons. The Hall–Kier alpha value is -3.90. The van der Waals surface area contributed by atoms with Gasteiger partial charge in [-0.3, -0.25) is 0 Å². The number of esters is 2. The summed E-state index contributed by atoms with van der Waals surface area (Å²) in [6, 6.07) is 16.9. The van der Waals surface area contributed by atoms with E-state index in [0.29, 0.717) is 47.3 Å². The summed E-state index contributed by atoms with van der Waals surface area (Å²) in [4.78, 5) is 56.0. The van der Waals surface area contributed by atoms with Crippen LogP contribution in [0, 0.1) is 92.7 Å². The maximum Gasteiger partial charge on any atom is 0.408 e. The molecule has 18 atom stereocenters. The van der Waals surface area contributed by atoms with Crippen LogP contribution in [0.5, 0.6) is 0 Å². The second-order valence-electron chi connectivity index (χ2n) is 30.6. The number of ether oxygens (including phenoxy) is 4. The number of hydrogen-bond acceptors (Lipinski definition) is 10. The largest absolute Gasteiger partial charge is 0.460 e. The minimum atomic E-state index is -1.02. The molecule has 0 aliphatic heterocycles. The Labute approximate surface area is 526 Å². The first-order valence-electron chi connectivity index (χ1n) is 34.2. The highest BCUT2D eigenvalue weighted by Crippen LogP contribution is 2.69. The molecular formula is C74H108N2O8S2. The Kier molecular flexibility index (Phi) is 21.3. The number of fused-ring (bicyclic) bond motifs is 10. The number of hydrogen-bond donors (Lipinski definition) is 2. The van der Waals surface area contributed by atoms with Gasteiger partial charge in [-0.2, -0.15) is 0 Å². The van der Waals surface area contributed by atoms with E-state index in [2.05, 4.69) is 92.0 Å². The molecule has 8 aliphatic carbocycles. The standard InChI is InChI=1S/C74H108N2O8S2/c1-47(2)21-23-49(5)59-29-31-61-57-27-25-53-41-55(33-37-71(53,7)63(57)35-39-73(59,61)9)83-67(77)65(75-69(79)81-43-51-17-13-11-14-18-51)45-85-86-46-66(76-70(80)82-44-52-19-15-12-16-20-52)68(78)84-56-34-38-72(8)54(42-56)26-28-58-62-32-30-60(50(6)24-22-48(3)4)74(62,10)40-36-64(58)72/h11-20,25-26,47-50,55-66H,21-24,27-46H2,1-10H3,(H,75,79)(H,76,80)/t49?,50?,55?,56?,57?,58?,59?,60?,61?,62?,63?,64?,65-,66+,71?,72?,73?,74?. The average Bonchev–Trinajstić information content (AvgIpc) is 1.86. The van der Waals surface area contributed by atoms with Crippen molar-refractivity contribution in [1.82, 2.24) is 10.6 Å². The van der Waals surface area contributed by atoms with E-state index in [1.54, 1.807) is 0 Å². The average molecular weight is 1220 g/mol. The van der Waals surface area contributed by atoms with Gasteiger partial charge in [0.1, 0.15) is 37.5 Å². The van der Waals surface area contributed by atoms with E-state index in [1.807, 2.05) is 60.7 Å². The second kappa shape index (κ2) is 28.1. The molecule has 0 bridgehead atoms. The zero-order chi connectivity index (χ0) is 61.0. The van der Waals surface area contributed by atoms with Crippen molar-refractivity contribution in [2.24, 2.45) is 92.7 Å². The van der Waals surface area contributed by atoms with Crippen LogP contribution in [0.4, 0.5) is 9.59 Å². The minimum Gasteiger partial charge on any atom is -0.460 e. The lowest BCUT2D eigenvalue weighted by molar-refractivity contribution is -0.154. The van der Waals surface area contributed by atoms with Crippen molar-refractivity contribution < 1.29 is 38.1 Å². The minimum absolute atomic E-state index is 0.0542. The highest BCUT2D eigenvalue weighted by Gasteiger charge is 2.61. The molecule has 0 heterocycles. The molecule has 0 saturated heterocycles. The van der Waals surface area contributed by atoms with Gasteiger partial charge in [0.25, 0.3) is 0 Å². The van der Waals surface area contributed by atoms with Crippen molar-refractivity contribution in [2.75, 3.05) is 11.5 Å². The molecule has 2 amide bonds. The van der Waals surface area contributed by atoms with Gasteiger partial charge in [-0.15, -0.1) is 0 Å². The van der Waals surface area contributed by atoms with Gasteiger partial charge >= 0.3 is 24.1 Å². The van der Waals surface area contributed by atoms with Gasteiger partial charge in [0.2, 0.25) is 0 Å². The first-order chi connectivity index (χ1) is 41.2. The number of nitrogens with one attached hydrogen (secondary N) is 2. The topological polar surface area (TPSA) is 129 Å². The van der Waals surface area contributed by atoms with Crippen LogP contribution >= 0.6 is 21.6 Å². The van der Waals surface area contributed by atoms with E-state index in [-0.39, 0.29) is 47.8 Å². The van der Waals surface area contributed by atoms with Crippen LogP contribution in [0.3, 0.4) is 0 Å². The maximum absolute atomic E-state index is 14.5. The summed E-state index contributed by atoms with van der Waals surface area (Å²) in [5, 5.41) is 5.71. The summed E-state index contributed by atoms with van der Waals surface area (Å²) in [5.74, 6) is 8.21. The summed E-state index contributed by atoms with van der Waals surface area (Å²) in [6.07, 6.45) is 26.1. The summed E-state index contributed by atoms with van der Waals surface area (Å²) in [5.41, 5.74) is 5.58. The third-order valence-corrected chi connectivity index (χ3v) is 27.2. The molecule has 8 aliphatic rings. The van der Waals surface area contributed by atoms with Crippen molar-refractivity contribution in [3.63, 3.8) is 0 Å². The Morgan fingerprint density at radius 1 is 0.500 bits per heavy atom. The lowest BCUT2D eigenvalue weighted by Gasteiger charge is -2.58. The van der Waals surface area contributed by atoms with Gasteiger partial charge in [-0.25, -0.2) is 19.2 Å². The van der Waals surface area contributed by atoms with Gasteiger partial charge in [0.05, 0.1) is 0 Å². The smallest absolute Gasteiger partial charge is 0.408 e. The van der Waals surface area contributed by atoms with E-state index in [9.17, 15) is 19.2 Å². The normalized spacial score (nSPS) is 34.9. The van der Waals surface area contributed by atoms with E-state index in [1.165, 1.54) is 110 Å². The fourth-order valence-corrected chi connectivity index (χ4v) is 22.2. The Bertz CT molecular complexity index is 2520. The number of allylic oxidation sites excluding steroid dienone is 2. The molecule has 2 aromatic rings. The summed E-state index contributed by atoms with van der Waals surface area (Å²) in [6.45, 7) is 24.9. The van der Waals surface area contributed by atoms with Gasteiger partial charge in [-0.1, -0.05) is 200 Å². The van der Waals surface area contributed by atoms with Crippen LogP contribution in [0.25, 0.3) is 0 Å². The fraction of sp³-hybridized carbons (Fsp3) is 0.730. The molecule has 0 aromatic heterocycles. The molecule has 12 heteroatoms. The fourth-order valence-electron chi connectivity index (χ4n) is 19.9. The van der Waals surface area contributed by atoms with Crippen molar-refractivity contribution in [3.8, 4) is 0 Å². The maximum atomic E-state index is 14.5. The molecule has 16 unspecified atom stereocenters. The number of carbonyl (C=O) groups excluding carboxylic acids is 4. The van der Waals surface area contributed by atoms with E-state index in [4.69, 9.17) is 18.9 Å². The Balaban J connectivity index is 0.773. The third kappa shape index (κ3) is 14.3. The number of alkyl carbamates (subject to hydrolysis) is 2. The van der Waals surface area contributed by atoms with Crippen molar-refractivity contribution in [3.05, 3.63) is 95.1 Å². The zero-order valence-corrected chi connectivity index (χ0v) is 55.9. The SMILES string of the molecule is CC(C)CCC(C)C1CCC2C3CC=C4CC(OC(=O)[C@H](CSSC[C@@H](NC(=O)OCc5ccccc5)C(=O)OC5CCC6(C)C(=CCC7C6CCC6(C)C(C(C)CCC(C)C)CCC76)C5)NC(=O)OCc5ccccc5)CCC4(C)C3CCC12C. The number of benzene rings is 2. The molecule has 10 nitrogen and oxygen atoms in total. The Morgan fingerprint density at radius 3 is 1.28 bits per heavy atom. The summed E-state index contributed by atoms with van der Waals surface area (Å²) >= 11 is 0. The number of rotatable bonds is 23. The number of carbonyl (C=O) groups is 4. The molecule has 0 radical (unpaired) electrons. The van der Waals surface area contributed by atoms with Gasteiger partial charge in [-0.05, 0) is 194 Å². The molecule has 0 spiro atoms. The van der Waals surface area contributed by atoms with Crippen molar-refractivity contribution in [1.29, 1.82) is 0 Å². The summed E-state index contributed by atoms with van der Waals surface area (Å²) < 4.78 is 24.2. The molecular weight excluding hydrogens is 1110 g/mol. The molecule has 86 heavy (non-hydrogen) atoms. The van der Waals surface area contributed by atoms with Gasteiger partial charge in [0, 0.05) is 24.3 Å². The Morgan fingerprint density at radius 2 is 0.895 bits per heavy atom. The van der Waals surface area contributed by atoms with E-state index >= 15 is 0 Å². The first-order valence-corrected chi connectivity index (χ1v) is 36.7. The monoisotopic (exact) mass is 1220 g/mol. The molecule has 6 fully saturated rings. The first kappa shape index (κ1) is 65.1. The highest BCUT2D eigenvalue weighted by atomic mass is 33.1.